The number of Topliss-reactive ketones (excluding diaryl/α,β-unsaturated/α-hetero) is 1. The fourth-order valence-electron chi connectivity index (χ4n) is 2.07. The van der Waals surface area contributed by atoms with Crippen LogP contribution in [-0.4, -0.2) is 57.8 Å². The number of carbonyl (C=O) groups is 4. The van der Waals surface area contributed by atoms with E-state index in [9.17, 15) is 19.2 Å². The highest BCUT2D eigenvalue weighted by molar-refractivity contribution is 7.80. The van der Waals surface area contributed by atoms with Crippen LogP contribution in [0.1, 0.15) is 46.9 Å². The number of hydrogen-bond donors (Lipinski definition) is 1. The summed E-state index contributed by atoms with van der Waals surface area (Å²) in [6.45, 7) is 2.81. The van der Waals surface area contributed by atoms with E-state index in [1.165, 1.54) is 28.1 Å². The molecule has 0 fully saturated rings. The van der Waals surface area contributed by atoms with Crippen molar-refractivity contribution in [1.82, 2.24) is 9.97 Å². The summed E-state index contributed by atoms with van der Waals surface area (Å²) in [6, 6.07) is 9.84. The molecule has 12 heteroatoms. The summed E-state index contributed by atoms with van der Waals surface area (Å²) in [6.07, 6.45) is 0.680. The van der Waals surface area contributed by atoms with Gasteiger partial charge in [0.2, 0.25) is 0 Å². The third kappa shape index (κ3) is 13.6. The minimum absolute atomic E-state index is 0.0270. The van der Waals surface area contributed by atoms with Gasteiger partial charge in [-0.05, 0) is 43.4 Å². The van der Waals surface area contributed by atoms with Gasteiger partial charge in [-0.3, -0.25) is 9.59 Å². The Morgan fingerprint density at radius 1 is 0.971 bits per heavy atom. The lowest BCUT2D eigenvalue weighted by Crippen LogP contribution is -2.10. The first-order valence-corrected chi connectivity index (χ1v) is 10.3. The average molecular weight is 505 g/mol. The maximum Gasteiger partial charge on any atom is 0.356 e. The Bertz CT molecular complexity index is 1080. The fraction of sp³-hybridized carbons (Fsp3) is 0.273. The first-order valence-electron chi connectivity index (χ1n) is 9.48. The van der Waals surface area contributed by atoms with E-state index in [2.05, 4.69) is 36.7 Å². The number of pyridine rings is 2. The van der Waals surface area contributed by atoms with E-state index < -0.39 is 11.9 Å². The van der Waals surface area contributed by atoms with Crippen LogP contribution in [-0.2, 0) is 25.5 Å². The van der Waals surface area contributed by atoms with Gasteiger partial charge < -0.3 is 15.2 Å². The van der Waals surface area contributed by atoms with Crippen molar-refractivity contribution in [2.45, 2.75) is 26.7 Å². The predicted molar refractivity (Wildman–Crippen MR) is 133 cm³/mol. The number of methoxy groups -OCH3 is 2. The van der Waals surface area contributed by atoms with E-state index in [1.807, 2.05) is 5.16 Å². The number of nitrogens with zero attached hydrogens (tertiary/aromatic N) is 3. The molecular weight excluding hydrogens is 480 g/mol. The zero-order valence-corrected chi connectivity index (χ0v) is 20.7. The molecule has 0 aliphatic carbocycles. The number of isothiocyanates is 1. The van der Waals surface area contributed by atoms with Crippen molar-refractivity contribution in [3.63, 3.8) is 0 Å². The van der Waals surface area contributed by atoms with E-state index in [4.69, 9.17) is 18.0 Å². The van der Waals surface area contributed by atoms with Crippen LogP contribution in [0.3, 0.4) is 0 Å². The zero-order valence-electron chi connectivity index (χ0n) is 19.1. The Morgan fingerprint density at radius 3 is 1.91 bits per heavy atom. The number of thiocarbonyl (C=S) groups is 2. The van der Waals surface area contributed by atoms with Crippen molar-refractivity contribution < 1.29 is 28.7 Å². The number of anilines is 1. The van der Waals surface area contributed by atoms with Crippen molar-refractivity contribution in [1.29, 1.82) is 0 Å². The van der Waals surface area contributed by atoms with Gasteiger partial charge in [0.25, 0.3) is 5.91 Å². The summed E-state index contributed by atoms with van der Waals surface area (Å²) in [7, 11) is 2.60. The molecule has 10 nitrogen and oxygen atoms in total. The fourth-order valence-corrected chi connectivity index (χ4v) is 2.55. The molecule has 0 aromatic carbocycles. The summed E-state index contributed by atoms with van der Waals surface area (Å²) in [5.74, 6) is -0.918. The van der Waals surface area contributed by atoms with E-state index in [-0.39, 0.29) is 29.5 Å². The molecule has 2 aromatic heterocycles. The normalized spacial score (nSPS) is 8.94. The molecular formula is C22H24N4O6S2. The van der Waals surface area contributed by atoms with E-state index in [0.717, 1.165) is 0 Å². The monoisotopic (exact) mass is 504 g/mol. The summed E-state index contributed by atoms with van der Waals surface area (Å²) in [5.41, 5.74) is 6.47. The number of nitrogens with two attached hydrogens (primary N) is 1. The Labute approximate surface area is 207 Å². The molecule has 0 radical (unpaired) electrons. The Kier molecular flexibility index (Phi) is 15.0. The predicted octanol–water partition coefficient (Wildman–Crippen LogP) is 2.85. The number of rotatable bonds is 6. The Morgan fingerprint density at radius 2 is 1.50 bits per heavy atom. The van der Waals surface area contributed by atoms with Gasteiger partial charge in [-0.25, -0.2) is 19.6 Å². The summed E-state index contributed by atoms with van der Waals surface area (Å²) in [4.78, 5) is 54.2. The molecule has 0 bridgehead atoms. The highest BCUT2D eigenvalue weighted by Gasteiger charge is 2.09. The largest absolute Gasteiger partial charge is 0.464 e. The van der Waals surface area contributed by atoms with Gasteiger partial charge in [0.15, 0.2) is 5.69 Å². The first kappa shape index (κ1) is 30.3. The van der Waals surface area contributed by atoms with E-state index in [0.29, 0.717) is 22.8 Å². The number of aromatic nitrogens is 2. The second kappa shape index (κ2) is 16.8. The lowest BCUT2D eigenvalue weighted by molar-refractivity contribution is -0.116. The summed E-state index contributed by atoms with van der Waals surface area (Å²) < 4.78 is 9.01. The molecule has 2 rings (SSSR count). The second-order valence-corrected chi connectivity index (χ2v) is 7.02. The average Bonchev–Trinajstić information content (AvgIpc) is 2.78. The highest BCUT2D eigenvalue weighted by atomic mass is 32.1. The number of ketones is 1. The smallest absolute Gasteiger partial charge is 0.356 e. The maximum absolute atomic E-state index is 11.3. The number of carbonyl (C=O) groups excluding carboxylic acids is 4. The summed E-state index contributed by atoms with van der Waals surface area (Å²) in [5, 5.41) is 1.93. The van der Waals surface area contributed by atoms with Crippen LogP contribution in [0.15, 0.2) is 41.4 Å². The van der Waals surface area contributed by atoms with Gasteiger partial charge >= 0.3 is 11.9 Å². The topological polar surface area (TPSA) is 151 Å². The standard InChI is InChI=1S/C12H13NO3S.C7H8N2O2.C3H3NOS/c1-8(14)6-10(17)7-9-4-3-5-11(13-9)12(15)16-2;1-11-7(10)5-3-2-4-6(8)9-5;1-3(5)4-2-6/h3-5H,6-7H2,1-2H3;2-4H,1H3,(H2,8,9);1H3. The molecule has 180 valence electrons. The minimum Gasteiger partial charge on any atom is -0.464 e. The molecule has 0 aliphatic rings. The highest BCUT2D eigenvalue weighted by Crippen LogP contribution is 2.05. The molecule has 34 heavy (non-hydrogen) atoms. The van der Waals surface area contributed by atoms with Crippen molar-refractivity contribution >= 4 is 63.9 Å². The third-order valence-electron chi connectivity index (χ3n) is 3.39. The van der Waals surface area contributed by atoms with E-state index in [1.54, 1.807) is 36.4 Å². The lowest BCUT2D eigenvalue weighted by Gasteiger charge is -2.03. The van der Waals surface area contributed by atoms with Gasteiger partial charge in [-0.1, -0.05) is 24.4 Å². The number of aliphatic imine (C=N–C) groups is 1. The Balaban J connectivity index is 0.000000547. The second-order valence-electron chi connectivity index (χ2n) is 6.26. The van der Waals surface area contributed by atoms with Gasteiger partial charge in [0.1, 0.15) is 17.3 Å². The lowest BCUT2D eigenvalue weighted by atomic mass is 10.1. The van der Waals surface area contributed by atoms with Gasteiger partial charge in [-0.15, -0.1) is 0 Å². The molecule has 0 saturated heterocycles. The quantitative estimate of drug-likeness (QED) is 0.351. The third-order valence-corrected chi connectivity index (χ3v) is 3.77. The molecule has 0 spiro atoms. The van der Waals surface area contributed by atoms with E-state index >= 15 is 0 Å². The zero-order chi connectivity index (χ0) is 26.1. The molecule has 0 saturated carbocycles. The van der Waals surface area contributed by atoms with Crippen molar-refractivity contribution in [3.05, 3.63) is 53.5 Å². The van der Waals surface area contributed by atoms with Crippen molar-refractivity contribution in [3.8, 4) is 0 Å². The molecule has 2 N–H and O–H groups in total. The summed E-state index contributed by atoms with van der Waals surface area (Å²) >= 11 is 9.16. The molecule has 2 heterocycles. The number of ether oxygens (including phenoxy) is 2. The van der Waals surface area contributed by atoms with Crippen LogP contribution in [0.5, 0.6) is 0 Å². The van der Waals surface area contributed by atoms with Gasteiger partial charge in [0, 0.05) is 30.3 Å². The number of amides is 1. The Hall–Kier alpha value is -3.73. The minimum atomic E-state index is -0.482. The molecule has 1 amide bonds. The molecule has 0 aliphatic heterocycles. The molecule has 0 atom stereocenters. The van der Waals surface area contributed by atoms with Crippen LogP contribution in [0.4, 0.5) is 5.82 Å². The maximum atomic E-state index is 11.3. The first-order chi connectivity index (χ1) is 16.0. The van der Waals surface area contributed by atoms with Crippen LogP contribution < -0.4 is 5.73 Å². The van der Waals surface area contributed by atoms with Crippen molar-refractivity contribution in [2.24, 2.45) is 4.99 Å². The van der Waals surface area contributed by atoms with Crippen LogP contribution in [0.25, 0.3) is 0 Å². The van der Waals surface area contributed by atoms with Crippen LogP contribution in [0.2, 0.25) is 0 Å². The van der Waals surface area contributed by atoms with Gasteiger partial charge in [0.05, 0.1) is 19.4 Å². The van der Waals surface area contributed by atoms with Crippen LogP contribution >= 0.6 is 24.4 Å². The molecule has 2 aromatic rings. The SMILES string of the molecule is CC(=O)N=C=S.COC(=O)c1cccc(CC(=S)CC(C)=O)n1.COC(=O)c1cccc(N)n1. The number of hydrogen-bond acceptors (Lipinski definition) is 11. The van der Waals surface area contributed by atoms with Crippen LogP contribution in [0, 0.1) is 0 Å². The molecule has 0 unspecified atom stereocenters. The number of nitrogen functional groups attached to an aromatic ring is 1. The number of esters is 2. The van der Waals surface area contributed by atoms with Crippen molar-refractivity contribution in [2.75, 3.05) is 20.0 Å². The van der Waals surface area contributed by atoms with Gasteiger partial charge in [-0.2, -0.15) is 4.99 Å².